The average molecular weight is 203 g/mol. The van der Waals surface area contributed by atoms with E-state index in [-0.39, 0.29) is 11.5 Å². The van der Waals surface area contributed by atoms with Crippen LogP contribution in [0.1, 0.15) is 41.0 Å². The maximum atomic E-state index is 9.64. The highest BCUT2D eigenvalue weighted by Gasteiger charge is 2.17. The third-order valence-electron chi connectivity index (χ3n) is 1.79. The molecule has 1 atom stereocenters. The molecule has 0 aromatic rings. The van der Waals surface area contributed by atoms with E-state index in [0.717, 1.165) is 6.42 Å². The van der Waals surface area contributed by atoms with Gasteiger partial charge in [-0.05, 0) is 25.7 Å². The molecular formula is C11H25NO2. The average Bonchev–Trinajstić information content (AvgIpc) is 1.78. The minimum absolute atomic E-state index is 0.149. The van der Waals surface area contributed by atoms with E-state index in [4.69, 9.17) is 0 Å². The van der Waals surface area contributed by atoms with Crippen LogP contribution >= 0.6 is 0 Å². The van der Waals surface area contributed by atoms with Crippen LogP contribution in [0.3, 0.4) is 0 Å². The molecule has 0 spiro atoms. The van der Waals surface area contributed by atoms with Crippen molar-refractivity contribution in [3.8, 4) is 0 Å². The maximum absolute atomic E-state index is 9.64. The molecule has 1 unspecified atom stereocenters. The predicted molar refractivity (Wildman–Crippen MR) is 59.2 cm³/mol. The molecule has 0 heterocycles. The van der Waals surface area contributed by atoms with E-state index in [1.54, 1.807) is 13.8 Å². The van der Waals surface area contributed by atoms with Gasteiger partial charge in [-0.25, -0.2) is 0 Å². The number of aliphatic hydroxyl groups is 2. The van der Waals surface area contributed by atoms with Crippen LogP contribution in [0, 0.1) is 5.41 Å². The predicted octanol–water partition coefficient (Wildman–Crippen LogP) is 1.14. The topological polar surface area (TPSA) is 52.5 Å². The minimum atomic E-state index is -0.707. The molecule has 0 fully saturated rings. The highest BCUT2D eigenvalue weighted by atomic mass is 16.3. The van der Waals surface area contributed by atoms with Crippen LogP contribution in [0.15, 0.2) is 0 Å². The van der Waals surface area contributed by atoms with Crippen molar-refractivity contribution in [3.63, 3.8) is 0 Å². The van der Waals surface area contributed by atoms with E-state index in [0.29, 0.717) is 13.1 Å². The molecule has 0 saturated heterocycles. The van der Waals surface area contributed by atoms with Gasteiger partial charge in [-0.2, -0.15) is 0 Å². The maximum Gasteiger partial charge on any atom is 0.0715 e. The molecule has 0 rings (SSSR count). The fourth-order valence-electron chi connectivity index (χ4n) is 1.32. The van der Waals surface area contributed by atoms with Crippen molar-refractivity contribution in [1.29, 1.82) is 0 Å². The summed E-state index contributed by atoms with van der Waals surface area (Å²) in [5.41, 5.74) is -0.558. The van der Waals surface area contributed by atoms with E-state index in [1.165, 1.54) is 0 Å². The van der Waals surface area contributed by atoms with Gasteiger partial charge in [0.15, 0.2) is 0 Å². The van der Waals surface area contributed by atoms with Crippen LogP contribution in [0.5, 0.6) is 0 Å². The monoisotopic (exact) mass is 203 g/mol. The number of rotatable bonds is 5. The second-order valence-electron chi connectivity index (χ2n) is 5.86. The van der Waals surface area contributed by atoms with Crippen molar-refractivity contribution in [2.75, 3.05) is 13.1 Å². The fraction of sp³-hybridized carbons (Fsp3) is 1.00. The first kappa shape index (κ1) is 13.9. The molecular weight excluding hydrogens is 178 g/mol. The van der Waals surface area contributed by atoms with Crippen LogP contribution in [0.4, 0.5) is 0 Å². The molecule has 3 nitrogen and oxygen atoms in total. The Balaban J connectivity index is 3.60. The molecule has 0 aliphatic carbocycles. The highest BCUT2D eigenvalue weighted by molar-refractivity contribution is 4.73. The van der Waals surface area contributed by atoms with E-state index in [1.807, 2.05) is 0 Å². The van der Waals surface area contributed by atoms with Crippen LogP contribution in [0.25, 0.3) is 0 Å². The summed E-state index contributed by atoms with van der Waals surface area (Å²) in [6.07, 6.45) is 0.434. The lowest BCUT2D eigenvalue weighted by atomic mass is 9.89. The van der Waals surface area contributed by atoms with Gasteiger partial charge in [0.25, 0.3) is 0 Å². The summed E-state index contributed by atoms with van der Waals surface area (Å²) >= 11 is 0. The lowest BCUT2D eigenvalue weighted by molar-refractivity contribution is 0.0690. The third-order valence-corrected chi connectivity index (χ3v) is 1.79. The zero-order valence-electron chi connectivity index (χ0n) is 10.1. The molecule has 0 aliphatic rings. The first-order valence-electron chi connectivity index (χ1n) is 5.21. The minimum Gasteiger partial charge on any atom is -0.392 e. The molecule has 86 valence electrons. The Labute approximate surface area is 87.5 Å². The largest absolute Gasteiger partial charge is 0.392 e. The second kappa shape index (κ2) is 5.10. The van der Waals surface area contributed by atoms with Crippen molar-refractivity contribution in [2.24, 2.45) is 5.41 Å². The molecule has 14 heavy (non-hydrogen) atoms. The normalized spacial score (nSPS) is 15.6. The van der Waals surface area contributed by atoms with Crippen LogP contribution in [-0.2, 0) is 0 Å². The van der Waals surface area contributed by atoms with Gasteiger partial charge >= 0.3 is 0 Å². The smallest absolute Gasteiger partial charge is 0.0715 e. The zero-order valence-corrected chi connectivity index (χ0v) is 10.1. The Bertz CT molecular complexity index is 156. The Morgan fingerprint density at radius 1 is 1.14 bits per heavy atom. The lowest BCUT2D eigenvalue weighted by Crippen LogP contribution is -2.39. The van der Waals surface area contributed by atoms with Crippen LogP contribution < -0.4 is 5.32 Å². The van der Waals surface area contributed by atoms with E-state index >= 15 is 0 Å². The first-order valence-corrected chi connectivity index (χ1v) is 5.21. The summed E-state index contributed by atoms with van der Waals surface area (Å²) in [5, 5.41) is 22.1. The number of nitrogens with one attached hydrogen (secondary N) is 1. The first-order chi connectivity index (χ1) is 6.10. The highest BCUT2D eigenvalue weighted by Crippen LogP contribution is 2.20. The second-order valence-corrected chi connectivity index (χ2v) is 5.86. The molecule has 3 heteroatoms. The van der Waals surface area contributed by atoms with Crippen molar-refractivity contribution in [1.82, 2.24) is 5.32 Å². The SMILES string of the molecule is CC(C)(C)CC(O)CNCC(C)(C)O. The van der Waals surface area contributed by atoms with Crippen LogP contribution in [-0.4, -0.2) is 35.0 Å². The Hall–Kier alpha value is -0.120. The molecule has 0 aromatic carbocycles. The molecule has 0 aromatic heterocycles. The summed E-state index contributed by atoms with van der Waals surface area (Å²) in [7, 11) is 0. The molecule has 3 N–H and O–H groups in total. The molecule has 0 saturated carbocycles. The molecule has 0 bridgehead atoms. The van der Waals surface area contributed by atoms with Crippen molar-refractivity contribution < 1.29 is 10.2 Å². The molecule has 0 amide bonds. The number of hydrogen-bond donors (Lipinski definition) is 3. The van der Waals surface area contributed by atoms with Crippen LogP contribution in [0.2, 0.25) is 0 Å². The molecule has 0 aliphatic heterocycles. The summed E-state index contributed by atoms with van der Waals surface area (Å²) in [6.45, 7) is 10.9. The summed E-state index contributed by atoms with van der Waals surface area (Å²) in [4.78, 5) is 0. The van der Waals surface area contributed by atoms with Gasteiger partial charge in [-0.15, -0.1) is 0 Å². The number of aliphatic hydroxyl groups excluding tert-OH is 1. The quantitative estimate of drug-likeness (QED) is 0.628. The summed E-state index contributed by atoms with van der Waals surface area (Å²) in [6, 6.07) is 0. The van der Waals surface area contributed by atoms with Gasteiger partial charge in [0.05, 0.1) is 11.7 Å². The van der Waals surface area contributed by atoms with Gasteiger partial charge in [-0.1, -0.05) is 20.8 Å². The number of hydrogen-bond acceptors (Lipinski definition) is 3. The van der Waals surface area contributed by atoms with E-state index < -0.39 is 5.60 Å². The van der Waals surface area contributed by atoms with E-state index in [9.17, 15) is 10.2 Å². The Kier molecular flexibility index (Phi) is 5.06. The third kappa shape index (κ3) is 9.96. The molecule has 0 radical (unpaired) electrons. The summed E-state index contributed by atoms with van der Waals surface area (Å²) < 4.78 is 0. The standard InChI is InChI=1S/C11H25NO2/c1-10(2,3)6-9(13)7-12-8-11(4,5)14/h9,12-14H,6-8H2,1-5H3. The Morgan fingerprint density at radius 3 is 2.00 bits per heavy atom. The van der Waals surface area contributed by atoms with Gasteiger partial charge in [0.2, 0.25) is 0 Å². The fourth-order valence-corrected chi connectivity index (χ4v) is 1.32. The van der Waals surface area contributed by atoms with Crippen molar-refractivity contribution in [3.05, 3.63) is 0 Å². The van der Waals surface area contributed by atoms with Gasteiger partial charge < -0.3 is 15.5 Å². The van der Waals surface area contributed by atoms with Gasteiger partial charge in [0, 0.05) is 13.1 Å². The zero-order chi connectivity index (χ0) is 11.4. The van der Waals surface area contributed by atoms with Crippen molar-refractivity contribution >= 4 is 0 Å². The van der Waals surface area contributed by atoms with Crippen molar-refractivity contribution in [2.45, 2.75) is 52.7 Å². The Morgan fingerprint density at radius 2 is 1.64 bits per heavy atom. The lowest BCUT2D eigenvalue weighted by Gasteiger charge is -2.24. The van der Waals surface area contributed by atoms with Gasteiger partial charge in [-0.3, -0.25) is 0 Å². The van der Waals surface area contributed by atoms with Gasteiger partial charge in [0.1, 0.15) is 0 Å². The summed E-state index contributed by atoms with van der Waals surface area (Å²) in [5.74, 6) is 0. The van der Waals surface area contributed by atoms with E-state index in [2.05, 4.69) is 26.1 Å².